The smallest absolute Gasteiger partial charge is 0.191 e. The van der Waals surface area contributed by atoms with Gasteiger partial charge in [0.15, 0.2) is 5.96 Å². The predicted octanol–water partition coefficient (Wildman–Crippen LogP) is 3.40. The fraction of sp³-hybridized carbons (Fsp3) is 0.545. The van der Waals surface area contributed by atoms with E-state index in [1.165, 1.54) is 11.3 Å². The largest absolute Gasteiger partial charge is 0.507 e. The van der Waals surface area contributed by atoms with Crippen LogP contribution in [0.2, 0.25) is 0 Å². The second kappa shape index (κ2) is 8.67. The van der Waals surface area contributed by atoms with Gasteiger partial charge in [0.05, 0.1) is 12.2 Å². The molecular weight excluding hydrogens is 350 g/mol. The summed E-state index contributed by atoms with van der Waals surface area (Å²) in [7, 11) is 0. The number of nitrogens with one attached hydrogen (secondary N) is 2. The van der Waals surface area contributed by atoms with Crippen LogP contribution in [-0.2, 0) is 19.4 Å². The Morgan fingerprint density at radius 1 is 1.32 bits per heavy atom. The standard InChI is InChI=1S/C22H33N5O/c1-6-23-22(24-12-17-9-15(4)21(28)16(5)10-17)25-19-8-7-18-13-27(14(2)3)26-20(18)11-19/h9-10,13-14,19,28H,6-8,11-12H2,1-5H3,(H2,23,24,25). The number of phenolic OH excluding ortho intramolecular Hbond substituents is 1. The summed E-state index contributed by atoms with van der Waals surface area (Å²) in [4.78, 5) is 4.77. The van der Waals surface area contributed by atoms with Crippen molar-refractivity contribution >= 4 is 5.96 Å². The molecule has 1 aromatic heterocycles. The second-order valence-corrected chi connectivity index (χ2v) is 8.03. The lowest BCUT2D eigenvalue weighted by atomic mass is 9.94. The van der Waals surface area contributed by atoms with Crippen molar-refractivity contribution in [3.05, 3.63) is 46.3 Å². The average molecular weight is 384 g/mol. The molecule has 0 saturated carbocycles. The summed E-state index contributed by atoms with van der Waals surface area (Å²) in [6.07, 6.45) is 5.26. The summed E-state index contributed by atoms with van der Waals surface area (Å²) in [5, 5.41) is 21.7. The maximum Gasteiger partial charge on any atom is 0.191 e. The van der Waals surface area contributed by atoms with Crippen LogP contribution in [0.4, 0.5) is 0 Å². The highest BCUT2D eigenvalue weighted by Crippen LogP contribution is 2.24. The van der Waals surface area contributed by atoms with E-state index in [1.54, 1.807) is 0 Å². The van der Waals surface area contributed by atoms with Crippen LogP contribution in [0, 0.1) is 13.8 Å². The summed E-state index contributed by atoms with van der Waals surface area (Å²) in [5.74, 6) is 1.21. The van der Waals surface area contributed by atoms with Crippen molar-refractivity contribution in [3.8, 4) is 5.75 Å². The zero-order valence-electron chi connectivity index (χ0n) is 17.7. The van der Waals surface area contributed by atoms with E-state index in [1.807, 2.05) is 26.0 Å². The van der Waals surface area contributed by atoms with Crippen molar-refractivity contribution in [1.82, 2.24) is 20.4 Å². The Labute approximate surface area is 168 Å². The minimum Gasteiger partial charge on any atom is -0.507 e. The van der Waals surface area contributed by atoms with Crippen molar-refractivity contribution in [2.24, 2.45) is 4.99 Å². The molecule has 0 radical (unpaired) electrons. The molecule has 152 valence electrons. The Morgan fingerprint density at radius 3 is 2.68 bits per heavy atom. The highest BCUT2D eigenvalue weighted by atomic mass is 16.3. The third-order valence-electron chi connectivity index (χ3n) is 5.28. The normalized spacial score (nSPS) is 16.9. The molecule has 1 aromatic carbocycles. The number of phenols is 1. The van der Waals surface area contributed by atoms with Gasteiger partial charge in [-0.3, -0.25) is 4.68 Å². The first kappa shape index (κ1) is 20.2. The molecule has 6 heteroatoms. The van der Waals surface area contributed by atoms with E-state index in [-0.39, 0.29) is 0 Å². The number of nitrogens with zero attached hydrogens (tertiary/aromatic N) is 3. The van der Waals surface area contributed by atoms with Crippen LogP contribution < -0.4 is 10.6 Å². The van der Waals surface area contributed by atoms with Gasteiger partial charge >= 0.3 is 0 Å². The monoisotopic (exact) mass is 383 g/mol. The van der Waals surface area contributed by atoms with E-state index in [0.29, 0.717) is 24.4 Å². The Kier molecular flexibility index (Phi) is 6.27. The number of fused-ring (bicyclic) bond motifs is 1. The molecule has 3 rings (SSSR count). The Morgan fingerprint density at radius 2 is 2.04 bits per heavy atom. The SMILES string of the molecule is CCNC(=NCc1cc(C)c(O)c(C)c1)NC1CCc2cn(C(C)C)nc2C1. The van der Waals surface area contributed by atoms with Crippen molar-refractivity contribution < 1.29 is 5.11 Å². The van der Waals surface area contributed by atoms with Crippen LogP contribution in [0.5, 0.6) is 5.75 Å². The van der Waals surface area contributed by atoms with Crippen LogP contribution in [0.1, 0.15) is 61.2 Å². The lowest BCUT2D eigenvalue weighted by Gasteiger charge is -2.24. The van der Waals surface area contributed by atoms with Crippen LogP contribution >= 0.6 is 0 Å². The molecule has 1 unspecified atom stereocenters. The van der Waals surface area contributed by atoms with Gasteiger partial charge in [-0.1, -0.05) is 12.1 Å². The maximum atomic E-state index is 9.96. The molecule has 1 atom stereocenters. The van der Waals surface area contributed by atoms with Gasteiger partial charge in [0.1, 0.15) is 5.75 Å². The Bertz CT molecular complexity index is 830. The summed E-state index contributed by atoms with van der Waals surface area (Å²) in [5.41, 5.74) is 5.47. The number of aromatic nitrogens is 2. The van der Waals surface area contributed by atoms with Crippen molar-refractivity contribution in [3.63, 3.8) is 0 Å². The van der Waals surface area contributed by atoms with Crippen LogP contribution in [0.25, 0.3) is 0 Å². The molecule has 0 amide bonds. The molecule has 0 aliphatic heterocycles. The minimum absolute atomic E-state index is 0.337. The number of rotatable bonds is 5. The van der Waals surface area contributed by atoms with Gasteiger partial charge in [-0.15, -0.1) is 0 Å². The van der Waals surface area contributed by atoms with Crippen LogP contribution in [0.15, 0.2) is 23.3 Å². The lowest BCUT2D eigenvalue weighted by Crippen LogP contribution is -2.45. The average Bonchev–Trinajstić information content (AvgIpc) is 3.08. The summed E-state index contributed by atoms with van der Waals surface area (Å²) < 4.78 is 2.07. The van der Waals surface area contributed by atoms with E-state index >= 15 is 0 Å². The van der Waals surface area contributed by atoms with Crippen LogP contribution in [0.3, 0.4) is 0 Å². The first-order chi connectivity index (χ1) is 13.4. The highest BCUT2D eigenvalue weighted by Gasteiger charge is 2.23. The molecule has 6 nitrogen and oxygen atoms in total. The van der Waals surface area contributed by atoms with Gasteiger partial charge in [0.2, 0.25) is 0 Å². The van der Waals surface area contributed by atoms with Gasteiger partial charge in [-0.25, -0.2) is 4.99 Å². The quantitative estimate of drug-likeness (QED) is 0.546. The number of guanidine groups is 1. The van der Waals surface area contributed by atoms with Gasteiger partial charge < -0.3 is 15.7 Å². The molecule has 1 aliphatic rings. The molecule has 1 heterocycles. The van der Waals surface area contributed by atoms with E-state index in [9.17, 15) is 5.11 Å². The maximum absolute atomic E-state index is 9.96. The lowest BCUT2D eigenvalue weighted by molar-refractivity contribution is 0.466. The topological polar surface area (TPSA) is 74.5 Å². The number of hydrogen-bond acceptors (Lipinski definition) is 3. The highest BCUT2D eigenvalue weighted by molar-refractivity contribution is 5.80. The third-order valence-corrected chi connectivity index (χ3v) is 5.28. The summed E-state index contributed by atoms with van der Waals surface area (Å²) >= 11 is 0. The zero-order chi connectivity index (χ0) is 20.3. The molecule has 1 aliphatic carbocycles. The van der Waals surface area contributed by atoms with Crippen molar-refractivity contribution in [2.75, 3.05) is 6.54 Å². The molecule has 0 spiro atoms. The van der Waals surface area contributed by atoms with Crippen molar-refractivity contribution in [2.45, 2.75) is 72.5 Å². The number of aliphatic imine (C=N–C) groups is 1. The Hall–Kier alpha value is -2.50. The van der Waals surface area contributed by atoms with E-state index in [0.717, 1.165) is 48.5 Å². The summed E-state index contributed by atoms with van der Waals surface area (Å²) in [6, 6.07) is 4.74. The molecule has 28 heavy (non-hydrogen) atoms. The third kappa shape index (κ3) is 4.66. The first-order valence-corrected chi connectivity index (χ1v) is 10.3. The fourth-order valence-electron chi connectivity index (χ4n) is 3.72. The van der Waals surface area contributed by atoms with Gasteiger partial charge in [0.25, 0.3) is 0 Å². The Balaban J connectivity index is 1.68. The molecule has 0 bridgehead atoms. The molecule has 3 N–H and O–H groups in total. The van der Waals surface area contributed by atoms with Crippen molar-refractivity contribution in [1.29, 1.82) is 0 Å². The van der Waals surface area contributed by atoms with Crippen LogP contribution in [-0.4, -0.2) is 33.4 Å². The number of aryl methyl sites for hydroxylation is 3. The number of hydrogen-bond donors (Lipinski definition) is 3. The second-order valence-electron chi connectivity index (χ2n) is 8.03. The molecule has 0 fully saturated rings. The molecular formula is C22H33N5O. The van der Waals surface area contributed by atoms with Gasteiger partial charge in [-0.05, 0) is 69.7 Å². The van der Waals surface area contributed by atoms with E-state index < -0.39 is 0 Å². The van der Waals surface area contributed by atoms with E-state index in [2.05, 4.69) is 42.3 Å². The molecule has 2 aromatic rings. The minimum atomic E-state index is 0.337. The first-order valence-electron chi connectivity index (χ1n) is 10.3. The summed E-state index contributed by atoms with van der Waals surface area (Å²) in [6.45, 7) is 11.7. The fourth-order valence-corrected chi connectivity index (χ4v) is 3.72. The van der Waals surface area contributed by atoms with Gasteiger partial charge in [0, 0.05) is 31.2 Å². The van der Waals surface area contributed by atoms with Gasteiger partial charge in [-0.2, -0.15) is 5.10 Å². The van der Waals surface area contributed by atoms with E-state index in [4.69, 9.17) is 10.1 Å². The molecule has 0 saturated heterocycles. The predicted molar refractivity (Wildman–Crippen MR) is 114 cm³/mol. The zero-order valence-corrected chi connectivity index (χ0v) is 17.7. The number of aromatic hydroxyl groups is 1. The number of benzene rings is 1.